The van der Waals surface area contributed by atoms with Gasteiger partial charge >= 0.3 is 5.69 Å². The van der Waals surface area contributed by atoms with Crippen molar-refractivity contribution in [2.75, 3.05) is 5.75 Å². The number of thioether (sulfide) groups is 1. The molecule has 0 aliphatic carbocycles. The number of aromatic nitrogens is 1. The Bertz CT molecular complexity index is 296. The SMILES string of the molecule is CCSc1[nH]cc(C)c1[N+](=O)[O-]. The number of nitrogens with one attached hydrogen (secondary N) is 1. The highest BCUT2D eigenvalue weighted by atomic mass is 32.2. The lowest BCUT2D eigenvalue weighted by atomic mass is 10.3. The number of hydrogen-bond acceptors (Lipinski definition) is 3. The van der Waals surface area contributed by atoms with Crippen LogP contribution in [0.5, 0.6) is 0 Å². The molecule has 1 rings (SSSR count). The molecule has 12 heavy (non-hydrogen) atoms. The zero-order chi connectivity index (χ0) is 9.14. The zero-order valence-corrected chi connectivity index (χ0v) is 7.77. The average Bonchev–Trinajstić information content (AvgIpc) is 2.32. The highest BCUT2D eigenvalue weighted by Crippen LogP contribution is 2.30. The summed E-state index contributed by atoms with van der Waals surface area (Å²) in [6.07, 6.45) is 1.66. The Morgan fingerprint density at radius 3 is 2.92 bits per heavy atom. The van der Waals surface area contributed by atoms with Gasteiger partial charge in [0.25, 0.3) is 0 Å². The van der Waals surface area contributed by atoms with E-state index in [-0.39, 0.29) is 10.6 Å². The number of aryl methyl sites for hydroxylation is 1. The molecule has 0 bridgehead atoms. The van der Waals surface area contributed by atoms with Crippen LogP contribution in [0.25, 0.3) is 0 Å². The summed E-state index contributed by atoms with van der Waals surface area (Å²) in [7, 11) is 0. The second-order valence-corrected chi connectivity index (χ2v) is 3.61. The van der Waals surface area contributed by atoms with Crippen molar-refractivity contribution in [3.05, 3.63) is 21.9 Å². The Balaban J connectivity index is 3.04. The molecule has 1 N–H and O–H groups in total. The van der Waals surface area contributed by atoms with E-state index >= 15 is 0 Å². The van der Waals surface area contributed by atoms with Crippen molar-refractivity contribution in [3.63, 3.8) is 0 Å². The van der Waals surface area contributed by atoms with E-state index in [2.05, 4.69) is 4.98 Å². The summed E-state index contributed by atoms with van der Waals surface area (Å²) in [6, 6.07) is 0. The van der Waals surface area contributed by atoms with E-state index in [4.69, 9.17) is 0 Å². The van der Waals surface area contributed by atoms with E-state index in [0.29, 0.717) is 10.6 Å². The van der Waals surface area contributed by atoms with Crippen molar-refractivity contribution < 1.29 is 4.92 Å². The molecule has 1 aromatic rings. The molecule has 0 aliphatic heterocycles. The summed E-state index contributed by atoms with van der Waals surface area (Å²) >= 11 is 1.45. The third-order valence-corrected chi connectivity index (χ3v) is 2.37. The van der Waals surface area contributed by atoms with E-state index in [1.54, 1.807) is 13.1 Å². The van der Waals surface area contributed by atoms with Crippen molar-refractivity contribution >= 4 is 17.4 Å². The van der Waals surface area contributed by atoms with Gasteiger partial charge in [-0.25, -0.2) is 0 Å². The molecule has 0 fully saturated rings. The van der Waals surface area contributed by atoms with Crippen molar-refractivity contribution in [2.45, 2.75) is 18.9 Å². The van der Waals surface area contributed by atoms with Crippen LogP contribution in [0.1, 0.15) is 12.5 Å². The topological polar surface area (TPSA) is 58.9 Å². The van der Waals surface area contributed by atoms with E-state index in [1.807, 2.05) is 6.92 Å². The Kier molecular flexibility index (Phi) is 2.75. The molecular weight excluding hydrogens is 176 g/mol. The molecule has 0 spiro atoms. The van der Waals surface area contributed by atoms with Gasteiger partial charge in [-0.05, 0) is 12.7 Å². The van der Waals surface area contributed by atoms with E-state index in [9.17, 15) is 10.1 Å². The molecule has 0 atom stereocenters. The number of rotatable bonds is 3. The number of aromatic amines is 1. The van der Waals surface area contributed by atoms with Gasteiger partial charge in [0.05, 0.1) is 4.92 Å². The number of nitro groups is 1. The van der Waals surface area contributed by atoms with Gasteiger partial charge in [-0.3, -0.25) is 10.1 Å². The normalized spacial score (nSPS) is 10.2. The van der Waals surface area contributed by atoms with Crippen molar-refractivity contribution in [3.8, 4) is 0 Å². The molecule has 66 valence electrons. The smallest absolute Gasteiger partial charge is 0.303 e. The lowest BCUT2D eigenvalue weighted by Gasteiger charge is -1.93. The Labute approximate surface area is 74.5 Å². The van der Waals surface area contributed by atoms with Crippen LogP contribution in [0.2, 0.25) is 0 Å². The minimum Gasteiger partial charge on any atom is -0.350 e. The van der Waals surface area contributed by atoms with Gasteiger partial charge in [0, 0.05) is 11.8 Å². The van der Waals surface area contributed by atoms with Crippen LogP contribution in [0, 0.1) is 17.0 Å². The maximum absolute atomic E-state index is 10.6. The number of nitrogens with zero attached hydrogens (tertiary/aromatic N) is 1. The van der Waals surface area contributed by atoms with E-state index in [1.165, 1.54) is 11.8 Å². The molecule has 1 aromatic heterocycles. The van der Waals surface area contributed by atoms with Crippen LogP contribution in [0.4, 0.5) is 5.69 Å². The molecule has 0 saturated carbocycles. The van der Waals surface area contributed by atoms with Crippen LogP contribution >= 0.6 is 11.8 Å². The van der Waals surface area contributed by atoms with Gasteiger partial charge in [0.2, 0.25) is 0 Å². The first-order valence-corrected chi connectivity index (χ1v) is 4.60. The van der Waals surface area contributed by atoms with Gasteiger partial charge in [-0.15, -0.1) is 11.8 Å². The molecule has 0 radical (unpaired) electrons. The maximum Gasteiger partial charge on any atom is 0.303 e. The second kappa shape index (κ2) is 3.62. The van der Waals surface area contributed by atoms with Crippen LogP contribution in [0.15, 0.2) is 11.2 Å². The van der Waals surface area contributed by atoms with Crippen molar-refractivity contribution in [1.29, 1.82) is 0 Å². The fourth-order valence-electron chi connectivity index (χ4n) is 0.971. The van der Waals surface area contributed by atoms with Crippen LogP contribution in [0.3, 0.4) is 0 Å². The zero-order valence-electron chi connectivity index (χ0n) is 6.96. The highest BCUT2D eigenvalue weighted by molar-refractivity contribution is 7.99. The van der Waals surface area contributed by atoms with Gasteiger partial charge in [0.1, 0.15) is 0 Å². The molecular formula is C7H10N2O2S. The number of H-pyrrole nitrogens is 1. The van der Waals surface area contributed by atoms with Gasteiger partial charge in [-0.1, -0.05) is 6.92 Å². The maximum atomic E-state index is 10.6. The molecule has 5 heteroatoms. The Morgan fingerprint density at radius 2 is 2.42 bits per heavy atom. The second-order valence-electron chi connectivity index (χ2n) is 2.34. The summed E-state index contributed by atoms with van der Waals surface area (Å²) in [4.78, 5) is 13.1. The minimum absolute atomic E-state index is 0.210. The fraction of sp³-hybridized carbons (Fsp3) is 0.429. The van der Waals surface area contributed by atoms with E-state index in [0.717, 1.165) is 5.75 Å². The molecule has 4 nitrogen and oxygen atoms in total. The van der Waals surface area contributed by atoms with Crippen LogP contribution in [-0.4, -0.2) is 15.7 Å². The van der Waals surface area contributed by atoms with E-state index < -0.39 is 0 Å². The van der Waals surface area contributed by atoms with Gasteiger partial charge in [0.15, 0.2) is 5.03 Å². The molecule has 1 heterocycles. The highest BCUT2D eigenvalue weighted by Gasteiger charge is 2.18. The minimum atomic E-state index is -0.343. The van der Waals surface area contributed by atoms with Gasteiger partial charge < -0.3 is 4.98 Å². The largest absolute Gasteiger partial charge is 0.350 e. The van der Waals surface area contributed by atoms with Crippen molar-refractivity contribution in [1.82, 2.24) is 4.98 Å². The summed E-state index contributed by atoms with van der Waals surface area (Å²) in [6.45, 7) is 3.69. The predicted molar refractivity (Wildman–Crippen MR) is 48.6 cm³/mol. The molecule has 0 unspecified atom stereocenters. The van der Waals surface area contributed by atoms with Crippen LogP contribution < -0.4 is 0 Å². The molecule has 0 aliphatic rings. The summed E-state index contributed by atoms with van der Waals surface area (Å²) in [5.41, 5.74) is 0.901. The first-order chi connectivity index (χ1) is 5.66. The van der Waals surface area contributed by atoms with Crippen LogP contribution in [-0.2, 0) is 0 Å². The third-order valence-electron chi connectivity index (χ3n) is 1.48. The third kappa shape index (κ3) is 1.61. The lowest BCUT2D eigenvalue weighted by molar-refractivity contribution is -0.388. The first kappa shape index (κ1) is 9.12. The Morgan fingerprint density at radius 1 is 1.75 bits per heavy atom. The quantitative estimate of drug-likeness (QED) is 0.447. The van der Waals surface area contributed by atoms with Crippen molar-refractivity contribution in [2.24, 2.45) is 0 Å². The summed E-state index contributed by atoms with van der Waals surface area (Å²) < 4.78 is 0. The summed E-state index contributed by atoms with van der Waals surface area (Å²) in [5, 5.41) is 11.2. The lowest BCUT2D eigenvalue weighted by Crippen LogP contribution is -1.89. The molecule has 0 saturated heterocycles. The van der Waals surface area contributed by atoms with Gasteiger partial charge in [-0.2, -0.15) is 0 Å². The molecule has 0 amide bonds. The first-order valence-electron chi connectivity index (χ1n) is 3.62. The standard InChI is InChI=1S/C7H10N2O2S/c1-3-12-7-6(9(10)11)5(2)4-8-7/h4,8H,3H2,1-2H3. The molecule has 0 aromatic carbocycles. The number of hydrogen-bond donors (Lipinski definition) is 1. The summed E-state index contributed by atoms with van der Waals surface area (Å²) in [5.74, 6) is 0.834. The Hall–Kier alpha value is -0.970. The predicted octanol–water partition coefficient (Wildman–Crippen LogP) is 2.34. The average molecular weight is 186 g/mol. The monoisotopic (exact) mass is 186 g/mol. The fourth-order valence-corrected chi connectivity index (χ4v) is 1.77.